The van der Waals surface area contributed by atoms with E-state index in [2.05, 4.69) is 181 Å². The van der Waals surface area contributed by atoms with Crippen LogP contribution < -0.4 is 14.4 Å². The Morgan fingerprint density at radius 2 is 0.825 bits per heavy atom. The Morgan fingerprint density at radius 1 is 0.368 bits per heavy atom. The Bertz CT molecular complexity index is 2960. The number of hydrogen-bond donors (Lipinski definition) is 0. The smallest absolute Gasteiger partial charge is 0.205 e. The van der Waals surface area contributed by atoms with Crippen LogP contribution in [0.4, 0.5) is 16.4 Å². The second-order valence-electron chi connectivity index (χ2n) is 14.8. The highest BCUT2D eigenvalue weighted by Crippen LogP contribution is 2.65. The first-order valence-electron chi connectivity index (χ1n) is 19.3. The Kier molecular flexibility index (Phi) is 7.01. The Hall–Kier alpha value is -7.14. The largest absolute Gasteiger partial charge is 0.448 e. The number of para-hydroxylation sites is 2. The summed E-state index contributed by atoms with van der Waals surface area (Å²) in [6, 6.07) is 71.8. The second-order valence-corrected chi connectivity index (χ2v) is 15.8. The van der Waals surface area contributed by atoms with Gasteiger partial charge in [0.1, 0.15) is 5.00 Å². The number of hydrogen-bond acceptors (Lipinski definition) is 4. The fraction of sp³-hybridized carbons (Fsp3) is 0.0189. The normalized spacial score (nSPS) is 13.3. The van der Waals surface area contributed by atoms with Crippen molar-refractivity contribution in [2.24, 2.45) is 0 Å². The van der Waals surface area contributed by atoms with Crippen LogP contribution >= 0.6 is 11.3 Å². The van der Waals surface area contributed by atoms with E-state index in [1.807, 2.05) is 24.3 Å². The molecule has 57 heavy (non-hydrogen) atoms. The van der Waals surface area contributed by atoms with Gasteiger partial charge in [0.05, 0.1) is 10.3 Å². The number of ether oxygens (including phenoxy) is 2. The summed E-state index contributed by atoms with van der Waals surface area (Å²) in [5.74, 6) is 2.85. The maximum Gasteiger partial charge on any atom is 0.205 e. The van der Waals surface area contributed by atoms with E-state index in [1.54, 1.807) is 11.3 Å². The molecule has 9 aromatic rings. The summed E-state index contributed by atoms with van der Waals surface area (Å²) in [6.07, 6.45) is 0. The van der Waals surface area contributed by atoms with E-state index >= 15 is 0 Å². The zero-order valence-electron chi connectivity index (χ0n) is 30.7. The third kappa shape index (κ3) is 4.65. The van der Waals surface area contributed by atoms with Crippen LogP contribution in [0.2, 0.25) is 0 Å². The fourth-order valence-corrected chi connectivity index (χ4v) is 10.6. The average Bonchev–Trinajstić information content (AvgIpc) is 3.90. The number of fused-ring (bicyclic) bond motifs is 12. The molecule has 1 spiro atoms. The molecule has 0 fully saturated rings. The molecular weight excluding hydrogens is 715 g/mol. The van der Waals surface area contributed by atoms with Crippen LogP contribution in [0.1, 0.15) is 22.3 Å². The fourth-order valence-electron chi connectivity index (χ4n) is 9.38. The predicted octanol–water partition coefficient (Wildman–Crippen LogP) is 14.8. The van der Waals surface area contributed by atoms with Crippen molar-refractivity contribution < 1.29 is 9.47 Å². The maximum atomic E-state index is 6.90. The van der Waals surface area contributed by atoms with Gasteiger partial charge in [-0.15, -0.1) is 11.3 Å². The molecule has 0 amide bonds. The Balaban J connectivity index is 1.12. The number of anilines is 3. The van der Waals surface area contributed by atoms with Gasteiger partial charge in [-0.2, -0.15) is 0 Å². The number of rotatable bonds is 5. The second kappa shape index (κ2) is 12.4. The third-order valence-electron chi connectivity index (χ3n) is 11.8. The van der Waals surface area contributed by atoms with Crippen molar-refractivity contribution in [2.45, 2.75) is 5.41 Å². The summed E-state index contributed by atoms with van der Waals surface area (Å²) in [5, 5.41) is 0.947. The Morgan fingerprint density at radius 3 is 1.42 bits per heavy atom. The molecule has 4 heteroatoms. The zero-order chi connectivity index (χ0) is 37.5. The van der Waals surface area contributed by atoms with Crippen LogP contribution in [0.5, 0.6) is 23.0 Å². The molecule has 1 aliphatic heterocycles. The first-order chi connectivity index (χ1) is 28.3. The molecule has 0 bridgehead atoms. The minimum absolute atomic E-state index is 0.472. The standard InChI is InChI=1S/C53H33NO2S/c1-3-15-34(16-4-1)35-27-29-37(30-28-35)54(52-50-49(51(57-52)36-17-5-2-6-18-36)55-47-25-13-14-26-48(47)56-50)38-31-32-42-41-21-9-12-24-45(41)53(46(42)33-38)43-22-10-7-19-39(43)40-20-8-11-23-44(40)53/h1-33H. The van der Waals surface area contributed by atoms with Gasteiger partial charge in [-0.3, -0.25) is 4.90 Å². The quantitative estimate of drug-likeness (QED) is 0.175. The summed E-state index contributed by atoms with van der Waals surface area (Å²) >= 11 is 1.69. The van der Waals surface area contributed by atoms with Gasteiger partial charge in [-0.05, 0) is 97.6 Å². The summed E-state index contributed by atoms with van der Waals surface area (Å²) < 4.78 is 13.7. The molecule has 12 rings (SSSR count). The van der Waals surface area contributed by atoms with Crippen LogP contribution in [-0.2, 0) is 5.41 Å². The van der Waals surface area contributed by atoms with Gasteiger partial charge in [0.2, 0.25) is 5.75 Å². The molecule has 0 saturated carbocycles. The molecule has 3 nitrogen and oxygen atoms in total. The molecule has 2 heterocycles. The molecular formula is C53H33NO2S. The SMILES string of the molecule is c1ccc(-c2ccc(N(c3ccc4c(c3)C3(c5ccccc5-c5ccccc53)c3ccccc3-4)c3sc(-c4ccccc4)c4c3Oc3ccccc3O4)cc2)cc1. The first-order valence-corrected chi connectivity index (χ1v) is 20.2. The Labute approximate surface area is 335 Å². The minimum Gasteiger partial charge on any atom is -0.448 e. The van der Waals surface area contributed by atoms with Crippen molar-refractivity contribution in [3.8, 4) is 66.8 Å². The van der Waals surface area contributed by atoms with Crippen molar-refractivity contribution in [1.82, 2.24) is 0 Å². The van der Waals surface area contributed by atoms with Crippen molar-refractivity contribution in [1.29, 1.82) is 0 Å². The number of benzene rings is 8. The van der Waals surface area contributed by atoms with Crippen LogP contribution in [0.25, 0.3) is 43.8 Å². The monoisotopic (exact) mass is 747 g/mol. The van der Waals surface area contributed by atoms with E-state index < -0.39 is 5.41 Å². The summed E-state index contributed by atoms with van der Waals surface area (Å²) in [6.45, 7) is 0. The first kappa shape index (κ1) is 32.1. The lowest BCUT2D eigenvalue weighted by atomic mass is 9.70. The highest BCUT2D eigenvalue weighted by atomic mass is 32.1. The number of nitrogens with zero attached hydrogens (tertiary/aromatic N) is 1. The highest BCUT2D eigenvalue weighted by molar-refractivity contribution is 7.20. The van der Waals surface area contributed by atoms with E-state index in [0.29, 0.717) is 17.2 Å². The van der Waals surface area contributed by atoms with Crippen LogP contribution in [-0.4, -0.2) is 0 Å². The van der Waals surface area contributed by atoms with Gasteiger partial charge < -0.3 is 9.47 Å². The van der Waals surface area contributed by atoms with Crippen molar-refractivity contribution in [3.05, 3.63) is 222 Å². The molecule has 1 aromatic heterocycles. The van der Waals surface area contributed by atoms with Crippen molar-refractivity contribution >= 4 is 27.7 Å². The maximum absolute atomic E-state index is 6.90. The zero-order valence-corrected chi connectivity index (χ0v) is 31.5. The molecule has 0 atom stereocenters. The molecule has 0 saturated heterocycles. The molecule has 0 N–H and O–H groups in total. The summed E-state index contributed by atoms with van der Waals surface area (Å²) in [7, 11) is 0. The van der Waals surface area contributed by atoms with E-state index in [-0.39, 0.29) is 0 Å². The molecule has 268 valence electrons. The average molecular weight is 748 g/mol. The van der Waals surface area contributed by atoms with Crippen LogP contribution in [0.3, 0.4) is 0 Å². The lowest BCUT2D eigenvalue weighted by molar-refractivity contribution is 0.364. The summed E-state index contributed by atoms with van der Waals surface area (Å²) in [5.41, 5.74) is 15.4. The molecule has 8 aromatic carbocycles. The topological polar surface area (TPSA) is 21.7 Å². The van der Waals surface area contributed by atoms with Gasteiger partial charge in [0.25, 0.3) is 0 Å². The van der Waals surface area contributed by atoms with E-state index in [1.165, 1.54) is 50.1 Å². The minimum atomic E-state index is -0.472. The van der Waals surface area contributed by atoms with Crippen LogP contribution in [0, 0.1) is 0 Å². The molecule has 0 radical (unpaired) electrons. The van der Waals surface area contributed by atoms with E-state index in [9.17, 15) is 0 Å². The van der Waals surface area contributed by atoms with Gasteiger partial charge >= 0.3 is 0 Å². The number of thiophene rings is 1. The molecule has 3 aliphatic rings. The van der Waals surface area contributed by atoms with Crippen molar-refractivity contribution in [3.63, 3.8) is 0 Å². The van der Waals surface area contributed by atoms with Gasteiger partial charge in [-0.25, -0.2) is 0 Å². The summed E-state index contributed by atoms with van der Waals surface area (Å²) in [4.78, 5) is 3.39. The van der Waals surface area contributed by atoms with Gasteiger partial charge in [0.15, 0.2) is 17.2 Å². The van der Waals surface area contributed by atoms with Gasteiger partial charge in [-0.1, -0.05) is 164 Å². The van der Waals surface area contributed by atoms with Gasteiger partial charge in [0, 0.05) is 11.4 Å². The lowest BCUT2D eigenvalue weighted by Gasteiger charge is -2.32. The van der Waals surface area contributed by atoms with E-state index in [4.69, 9.17) is 9.47 Å². The van der Waals surface area contributed by atoms with Crippen LogP contribution in [0.15, 0.2) is 200 Å². The third-order valence-corrected chi connectivity index (χ3v) is 13.0. The lowest BCUT2D eigenvalue weighted by Crippen LogP contribution is -2.26. The molecule has 2 aliphatic carbocycles. The highest BCUT2D eigenvalue weighted by Gasteiger charge is 2.51. The van der Waals surface area contributed by atoms with Crippen molar-refractivity contribution in [2.75, 3.05) is 4.90 Å². The predicted molar refractivity (Wildman–Crippen MR) is 233 cm³/mol. The molecule has 0 unspecified atom stereocenters. The van der Waals surface area contributed by atoms with E-state index in [0.717, 1.165) is 38.1 Å².